The molecule has 18 heavy (non-hydrogen) atoms. The Morgan fingerprint density at radius 3 is 3.00 bits per heavy atom. The van der Waals surface area contributed by atoms with Gasteiger partial charge in [0, 0.05) is 16.6 Å². The number of halogens is 2. The van der Waals surface area contributed by atoms with E-state index < -0.39 is 0 Å². The van der Waals surface area contributed by atoms with Crippen LogP contribution in [0.2, 0.25) is 5.02 Å². The van der Waals surface area contributed by atoms with E-state index in [2.05, 4.69) is 24.2 Å². The van der Waals surface area contributed by atoms with Crippen molar-refractivity contribution < 1.29 is 4.39 Å². The third-order valence-electron chi connectivity index (χ3n) is 3.71. The molecule has 1 saturated heterocycles. The van der Waals surface area contributed by atoms with E-state index in [4.69, 9.17) is 11.6 Å². The summed E-state index contributed by atoms with van der Waals surface area (Å²) in [6.45, 7) is 4.97. The van der Waals surface area contributed by atoms with E-state index in [1.807, 2.05) is 0 Å². The van der Waals surface area contributed by atoms with Crippen LogP contribution >= 0.6 is 11.6 Å². The van der Waals surface area contributed by atoms with Gasteiger partial charge in [0.2, 0.25) is 0 Å². The van der Waals surface area contributed by atoms with Gasteiger partial charge in [-0.15, -0.1) is 0 Å². The molecule has 0 spiro atoms. The zero-order valence-corrected chi connectivity index (χ0v) is 11.7. The van der Waals surface area contributed by atoms with Crippen molar-refractivity contribution in [2.45, 2.75) is 19.4 Å². The molecule has 0 amide bonds. The van der Waals surface area contributed by atoms with Gasteiger partial charge in [-0.2, -0.15) is 0 Å². The topological polar surface area (TPSA) is 15.3 Å². The average molecular weight is 271 g/mol. The first-order valence-corrected chi connectivity index (χ1v) is 6.87. The summed E-state index contributed by atoms with van der Waals surface area (Å²) in [5.41, 5.74) is 0.727. The Kier molecular flexibility index (Phi) is 4.60. The minimum absolute atomic E-state index is 0.128. The van der Waals surface area contributed by atoms with E-state index in [0.29, 0.717) is 10.9 Å². The Morgan fingerprint density at radius 1 is 1.50 bits per heavy atom. The van der Waals surface area contributed by atoms with Crippen molar-refractivity contribution in [3.05, 3.63) is 34.6 Å². The largest absolute Gasteiger partial charge is 0.317 e. The lowest BCUT2D eigenvalue weighted by Gasteiger charge is -2.26. The SMILES string of the molecule is CCNCC1CCN(C)C1c1cc(Cl)ccc1F. The molecule has 2 nitrogen and oxygen atoms in total. The number of hydrogen-bond donors (Lipinski definition) is 1. The Morgan fingerprint density at radius 2 is 2.28 bits per heavy atom. The van der Waals surface area contributed by atoms with Gasteiger partial charge in [-0.1, -0.05) is 18.5 Å². The molecule has 100 valence electrons. The molecule has 1 heterocycles. The lowest BCUT2D eigenvalue weighted by Crippen LogP contribution is -2.29. The Labute approximate surface area is 113 Å². The molecule has 0 aromatic heterocycles. The van der Waals surface area contributed by atoms with Crippen molar-refractivity contribution in [3.8, 4) is 0 Å². The van der Waals surface area contributed by atoms with Crippen LogP contribution < -0.4 is 5.32 Å². The summed E-state index contributed by atoms with van der Waals surface area (Å²) in [5.74, 6) is 0.294. The molecule has 1 fully saturated rings. The molecule has 2 unspecified atom stereocenters. The molecule has 0 bridgehead atoms. The summed E-state index contributed by atoms with van der Waals surface area (Å²) >= 11 is 5.99. The lowest BCUT2D eigenvalue weighted by atomic mass is 9.93. The highest BCUT2D eigenvalue weighted by Gasteiger charge is 2.34. The second-order valence-corrected chi connectivity index (χ2v) is 5.38. The molecule has 1 N–H and O–H groups in total. The third kappa shape index (κ3) is 2.85. The van der Waals surface area contributed by atoms with Crippen LogP contribution in [-0.2, 0) is 0 Å². The molecule has 1 aliphatic heterocycles. The van der Waals surface area contributed by atoms with Gasteiger partial charge in [0.1, 0.15) is 5.82 Å². The summed E-state index contributed by atoms with van der Waals surface area (Å²) in [6.07, 6.45) is 1.10. The first-order valence-electron chi connectivity index (χ1n) is 6.49. The summed E-state index contributed by atoms with van der Waals surface area (Å²) < 4.78 is 14.0. The summed E-state index contributed by atoms with van der Waals surface area (Å²) in [4.78, 5) is 2.22. The molecule has 0 aliphatic carbocycles. The van der Waals surface area contributed by atoms with Crippen LogP contribution in [0.5, 0.6) is 0 Å². The second-order valence-electron chi connectivity index (χ2n) is 4.95. The van der Waals surface area contributed by atoms with Crippen molar-refractivity contribution in [3.63, 3.8) is 0 Å². The van der Waals surface area contributed by atoms with Gasteiger partial charge in [0.25, 0.3) is 0 Å². The van der Waals surface area contributed by atoms with E-state index in [-0.39, 0.29) is 11.9 Å². The molecule has 2 rings (SSSR count). The smallest absolute Gasteiger partial charge is 0.128 e. The van der Waals surface area contributed by atoms with Crippen LogP contribution in [0.1, 0.15) is 24.9 Å². The molecular weight excluding hydrogens is 251 g/mol. The predicted octanol–water partition coefficient (Wildman–Crippen LogP) is 3.08. The molecule has 1 aromatic carbocycles. The lowest BCUT2D eigenvalue weighted by molar-refractivity contribution is 0.266. The standard InChI is InChI=1S/C14H20ClFN2/c1-3-17-9-10-6-7-18(2)14(10)12-8-11(15)4-5-13(12)16/h4-5,8,10,14,17H,3,6-7,9H2,1-2H3. The minimum atomic E-state index is -0.153. The average Bonchev–Trinajstić information content (AvgIpc) is 2.71. The van der Waals surface area contributed by atoms with E-state index in [0.717, 1.165) is 31.6 Å². The fourth-order valence-corrected chi connectivity index (χ4v) is 2.98. The maximum Gasteiger partial charge on any atom is 0.128 e. The van der Waals surface area contributed by atoms with Crippen LogP contribution in [0.3, 0.4) is 0 Å². The quantitative estimate of drug-likeness (QED) is 0.905. The van der Waals surface area contributed by atoms with Crippen molar-refractivity contribution in [1.82, 2.24) is 10.2 Å². The van der Waals surface area contributed by atoms with Gasteiger partial charge >= 0.3 is 0 Å². The van der Waals surface area contributed by atoms with E-state index in [1.165, 1.54) is 6.07 Å². The van der Waals surface area contributed by atoms with Crippen molar-refractivity contribution in [2.24, 2.45) is 5.92 Å². The summed E-state index contributed by atoms with van der Waals surface area (Å²) in [5, 5.41) is 3.97. The normalized spacial score (nSPS) is 24.7. The number of nitrogens with zero attached hydrogens (tertiary/aromatic N) is 1. The second kappa shape index (κ2) is 6.00. The van der Waals surface area contributed by atoms with Gasteiger partial charge in [0.05, 0.1) is 0 Å². The molecule has 0 saturated carbocycles. The fraction of sp³-hybridized carbons (Fsp3) is 0.571. The Hall–Kier alpha value is -0.640. The summed E-state index contributed by atoms with van der Waals surface area (Å²) in [6, 6.07) is 4.97. The molecule has 1 aromatic rings. The minimum Gasteiger partial charge on any atom is -0.317 e. The van der Waals surface area contributed by atoms with Crippen molar-refractivity contribution in [1.29, 1.82) is 0 Å². The van der Waals surface area contributed by atoms with Gasteiger partial charge in [0.15, 0.2) is 0 Å². The third-order valence-corrected chi connectivity index (χ3v) is 3.94. The highest BCUT2D eigenvalue weighted by Crippen LogP contribution is 2.37. The molecular formula is C14H20ClFN2. The number of hydrogen-bond acceptors (Lipinski definition) is 2. The maximum absolute atomic E-state index is 14.0. The Balaban J connectivity index is 2.24. The number of rotatable bonds is 4. The monoisotopic (exact) mass is 270 g/mol. The van der Waals surface area contributed by atoms with Crippen LogP contribution in [0.25, 0.3) is 0 Å². The van der Waals surface area contributed by atoms with Gasteiger partial charge in [-0.3, -0.25) is 4.90 Å². The van der Waals surface area contributed by atoms with E-state index in [9.17, 15) is 4.39 Å². The van der Waals surface area contributed by atoms with Gasteiger partial charge < -0.3 is 5.32 Å². The zero-order chi connectivity index (χ0) is 13.1. The van der Waals surface area contributed by atoms with Crippen LogP contribution in [-0.4, -0.2) is 31.6 Å². The van der Waals surface area contributed by atoms with Crippen LogP contribution in [0, 0.1) is 11.7 Å². The molecule has 2 atom stereocenters. The highest BCUT2D eigenvalue weighted by atomic mass is 35.5. The highest BCUT2D eigenvalue weighted by molar-refractivity contribution is 6.30. The van der Waals surface area contributed by atoms with Crippen LogP contribution in [0.15, 0.2) is 18.2 Å². The van der Waals surface area contributed by atoms with E-state index >= 15 is 0 Å². The predicted molar refractivity (Wildman–Crippen MR) is 73.4 cm³/mol. The maximum atomic E-state index is 14.0. The molecule has 0 radical (unpaired) electrons. The zero-order valence-electron chi connectivity index (χ0n) is 10.9. The first-order chi connectivity index (χ1) is 8.63. The number of nitrogens with one attached hydrogen (secondary N) is 1. The summed E-state index contributed by atoms with van der Waals surface area (Å²) in [7, 11) is 2.05. The van der Waals surface area contributed by atoms with E-state index in [1.54, 1.807) is 12.1 Å². The number of likely N-dealkylation sites (tertiary alicyclic amines) is 1. The van der Waals surface area contributed by atoms with Crippen molar-refractivity contribution in [2.75, 3.05) is 26.7 Å². The Bertz CT molecular complexity index is 411. The first kappa shape index (κ1) is 13.8. The molecule has 4 heteroatoms. The number of benzene rings is 1. The van der Waals surface area contributed by atoms with Gasteiger partial charge in [-0.25, -0.2) is 4.39 Å². The van der Waals surface area contributed by atoms with Crippen LogP contribution in [0.4, 0.5) is 4.39 Å². The molecule has 1 aliphatic rings. The fourth-order valence-electron chi connectivity index (χ4n) is 2.80. The van der Waals surface area contributed by atoms with Gasteiger partial charge in [-0.05, 0) is 57.2 Å². The van der Waals surface area contributed by atoms with Crippen molar-refractivity contribution >= 4 is 11.6 Å².